The number of piperidine rings is 1. The van der Waals surface area contributed by atoms with Gasteiger partial charge in [0.2, 0.25) is 5.91 Å². The third kappa shape index (κ3) is 5.97. The van der Waals surface area contributed by atoms with Crippen LogP contribution < -0.4 is 10.6 Å². The van der Waals surface area contributed by atoms with Gasteiger partial charge >= 0.3 is 0 Å². The Hall–Kier alpha value is -3.23. The van der Waals surface area contributed by atoms with E-state index < -0.39 is 5.82 Å². The number of benzene rings is 1. The van der Waals surface area contributed by atoms with E-state index >= 15 is 0 Å². The van der Waals surface area contributed by atoms with E-state index in [9.17, 15) is 18.8 Å². The van der Waals surface area contributed by atoms with E-state index in [1.807, 2.05) is 20.8 Å². The molecule has 2 N–H and O–H groups in total. The summed E-state index contributed by atoms with van der Waals surface area (Å²) in [6, 6.07) is 4.07. The van der Waals surface area contributed by atoms with E-state index in [0.29, 0.717) is 23.4 Å². The first-order valence-electron chi connectivity index (χ1n) is 11.4. The maximum atomic E-state index is 14.5. The molecule has 2 heterocycles. The molecule has 1 fully saturated rings. The summed E-state index contributed by atoms with van der Waals surface area (Å²) < 4.78 is 16.2. The fourth-order valence-corrected chi connectivity index (χ4v) is 4.06. The van der Waals surface area contributed by atoms with Gasteiger partial charge < -0.3 is 15.5 Å². The van der Waals surface area contributed by atoms with Gasteiger partial charge in [-0.05, 0) is 45.2 Å². The Kier molecular flexibility index (Phi) is 7.84. The maximum Gasteiger partial charge on any atom is 0.255 e. The van der Waals surface area contributed by atoms with Crippen molar-refractivity contribution >= 4 is 17.7 Å². The highest BCUT2D eigenvalue weighted by atomic mass is 19.1. The van der Waals surface area contributed by atoms with Crippen molar-refractivity contribution in [3.05, 3.63) is 52.6 Å². The van der Waals surface area contributed by atoms with Gasteiger partial charge in [0.1, 0.15) is 5.82 Å². The largest absolute Gasteiger partial charge is 0.352 e. The number of carbonyl (C=O) groups is 3. The first kappa shape index (κ1) is 24.4. The molecule has 1 saturated heterocycles. The average molecular weight is 458 g/mol. The summed E-state index contributed by atoms with van der Waals surface area (Å²) in [5, 5.41) is 9.97. The highest BCUT2D eigenvalue weighted by Crippen LogP contribution is 2.22. The molecule has 9 heteroatoms. The molecule has 2 atom stereocenters. The SMILES string of the molecule is CCCn1cc(C(=O)NC2CCC(C)N(C(=O)c3ccc(CNC(C)=O)c(F)c3)C2)c(C)n1. The monoisotopic (exact) mass is 457 g/mol. The summed E-state index contributed by atoms with van der Waals surface area (Å²) in [5.41, 5.74) is 1.77. The van der Waals surface area contributed by atoms with Crippen LogP contribution in [0.15, 0.2) is 24.4 Å². The van der Waals surface area contributed by atoms with Crippen LogP contribution in [0, 0.1) is 12.7 Å². The summed E-state index contributed by atoms with van der Waals surface area (Å²) in [5.74, 6) is -1.27. The molecule has 33 heavy (non-hydrogen) atoms. The molecule has 8 nitrogen and oxygen atoms in total. The molecule has 2 aromatic rings. The number of aryl methyl sites for hydroxylation is 2. The van der Waals surface area contributed by atoms with Crippen molar-refractivity contribution in [2.24, 2.45) is 0 Å². The molecule has 0 bridgehead atoms. The number of hydrogen-bond acceptors (Lipinski definition) is 4. The lowest BCUT2D eigenvalue weighted by molar-refractivity contribution is -0.119. The van der Waals surface area contributed by atoms with Crippen LogP contribution in [0.2, 0.25) is 0 Å². The Balaban J connectivity index is 1.67. The molecule has 3 amide bonds. The van der Waals surface area contributed by atoms with Crippen molar-refractivity contribution < 1.29 is 18.8 Å². The lowest BCUT2D eigenvalue weighted by Gasteiger charge is -2.38. The van der Waals surface area contributed by atoms with Gasteiger partial charge in [-0.1, -0.05) is 13.0 Å². The van der Waals surface area contributed by atoms with Crippen LogP contribution in [0.3, 0.4) is 0 Å². The first-order valence-corrected chi connectivity index (χ1v) is 11.4. The quantitative estimate of drug-likeness (QED) is 0.668. The van der Waals surface area contributed by atoms with Crippen LogP contribution in [0.4, 0.5) is 4.39 Å². The topological polar surface area (TPSA) is 96.3 Å². The zero-order valence-corrected chi connectivity index (χ0v) is 19.7. The molecule has 178 valence electrons. The fourth-order valence-electron chi connectivity index (χ4n) is 4.06. The van der Waals surface area contributed by atoms with E-state index in [4.69, 9.17) is 0 Å². The van der Waals surface area contributed by atoms with Crippen molar-refractivity contribution in [3.63, 3.8) is 0 Å². The Morgan fingerprint density at radius 1 is 1.24 bits per heavy atom. The minimum absolute atomic E-state index is 0.0261. The molecule has 0 saturated carbocycles. The zero-order chi connectivity index (χ0) is 24.1. The lowest BCUT2D eigenvalue weighted by atomic mass is 9.97. The van der Waals surface area contributed by atoms with Gasteiger partial charge in [-0.15, -0.1) is 0 Å². The molecule has 1 aliphatic rings. The van der Waals surface area contributed by atoms with Gasteiger partial charge in [0.15, 0.2) is 0 Å². The van der Waals surface area contributed by atoms with E-state index in [1.165, 1.54) is 19.1 Å². The summed E-state index contributed by atoms with van der Waals surface area (Å²) in [6.45, 7) is 8.34. The van der Waals surface area contributed by atoms with Gasteiger partial charge in [0, 0.05) is 56.0 Å². The average Bonchev–Trinajstić information content (AvgIpc) is 3.14. The summed E-state index contributed by atoms with van der Waals surface area (Å²) in [4.78, 5) is 38.7. The van der Waals surface area contributed by atoms with E-state index in [0.717, 1.165) is 25.8 Å². The van der Waals surface area contributed by atoms with Crippen molar-refractivity contribution in [3.8, 4) is 0 Å². The second-order valence-electron chi connectivity index (χ2n) is 8.66. The summed E-state index contributed by atoms with van der Waals surface area (Å²) in [7, 11) is 0. The molecule has 3 rings (SSSR count). The first-order chi connectivity index (χ1) is 15.7. The molecule has 1 aliphatic heterocycles. The zero-order valence-electron chi connectivity index (χ0n) is 19.7. The molecular formula is C24H32FN5O3. The Morgan fingerprint density at radius 3 is 2.67 bits per heavy atom. The van der Waals surface area contributed by atoms with Crippen molar-refractivity contribution in [2.75, 3.05) is 6.54 Å². The third-order valence-electron chi connectivity index (χ3n) is 5.95. The predicted octanol–water partition coefficient (Wildman–Crippen LogP) is 2.80. The van der Waals surface area contributed by atoms with Crippen molar-refractivity contribution in [1.82, 2.24) is 25.3 Å². The van der Waals surface area contributed by atoms with E-state index in [1.54, 1.807) is 21.8 Å². The minimum atomic E-state index is -0.538. The molecule has 2 unspecified atom stereocenters. The molecule has 1 aromatic heterocycles. The summed E-state index contributed by atoms with van der Waals surface area (Å²) >= 11 is 0. The minimum Gasteiger partial charge on any atom is -0.352 e. The predicted molar refractivity (Wildman–Crippen MR) is 122 cm³/mol. The van der Waals surface area contributed by atoms with E-state index in [-0.39, 0.29) is 41.9 Å². The van der Waals surface area contributed by atoms with Gasteiger partial charge in [0.05, 0.1) is 11.3 Å². The van der Waals surface area contributed by atoms with Crippen LogP contribution in [-0.2, 0) is 17.9 Å². The lowest BCUT2D eigenvalue weighted by Crippen LogP contribution is -2.53. The fraction of sp³-hybridized carbons (Fsp3) is 0.500. The molecular weight excluding hydrogens is 425 g/mol. The third-order valence-corrected chi connectivity index (χ3v) is 5.95. The molecule has 1 aromatic carbocycles. The molecule has 0 aliphatic carbocycles. The van der Waals surface area contributed by atoms with Crippen LogP contribution >= 0.6 is 0 Å². The second kappa shape index (κ2) is 10.6. The van der Waals surface area contributed by atoms with Crippen LogP contribution in [-0.4, -0.2) is 51.0 Å². The van der Waals surface area contributed by atoms with E-state index in [2.05, 4.69) is 15.7 Å². The molecule has 0 radical (unpaired) electrons. The van der Waals surface area contributed by atoms with Crippen LogP contribution in [0.5, 0.6) is 0 Å². The standard InChI is InChI=1S/C24H32FN5O3/c1-5-10-29-14-21(16(3)28-29)23(32)27-20-9-6-15(2)30(13-20)24(33)18-7-8-19(22(25)11-18)12-26-17(4)31/h7-8,11,14-15,20H,5-6,9-10,12-13H2,1-4H3,(H,26,31)(H,27,32). The normalized spacial score (nSPS) is 18.2. The Morgan fingerprint density at radius 2 is 2.00 bits per heavy atom. The van der Waals surface area contributed by atoms with Crippen LogP contribution in [0.25, 0.3) is 0 Å². The number of likely N-dealkylation sites (tertiary alicyclic amines) is 1. The maximum absolute atomic E-state index is 14.5. The van der Waals surface area contributed by atoms with Crippen molar-refractivity contribution in [1.29, 1.82) is 0 Å². The highest BCUT2D eigenvalue weighted by Gasteiger charge is 2.31. The number of amides is 3. The number of carbonyl (C=O) groups excluding carboxylic acids is 3. The van der Waals surface area contributed by atoms with Crippen molar-refractivity contribution in [2.45, 2.75) is 72.1 Å². The Bertz CT molecular complexity index is 1040. The van der Waals surface area contributed by atoms with Crippen LogP contribution in [0.1, 0.15) is 72.0 Å². The van der Waals surface area contributed by atoms with Gasteiger partial charge in [0.25, 0.3) is 11.8 Å². The second-order valence-corrected chi connectivity index (χ2v) is 8.66. The number of nitrogens with one attached hydrogen (secondary N) is 2. The number of halogens is 1. The number of hydrogen-bond donors (Lipinski definition) is 2. The number of nitrogens with zero attached hydrogens (tertiary/aromatic N) is 3. The van der Waals surface area contributed by atoms with Gasteiger partial charge in [-0.25, -0.2) is 4.39 Å². The Labute approximate surface area is 193 Å². The number of rotatable bonds is 7. The molecule has 0 spiro atoms. The van der Waals surface area contributed by atoms with Gasteiger partial charge in [-0.2, -0.15) is 5.10 Å². The smallest absolute Gasteiger partial charge is 0.255 e. The highest BCUT2D eigenvalue weighted by molar-refractivity contribution is 5.96. The summed E-state index contributed by atoms with van der Waals surface area (Å²) in [6.07, 6.45) is 4.17. The number of aromatic nitrogens is 2. The van der Waals surface area contributed by atoms with Gasteiger partial charge in [-0.3, -0.25) is 19.1 Å².